The zero-order valence-corrected chi connectivity index (χ0v) is 10.4. The third-order valence-corrected chi connectivity index (χ3v) is 2.52. The Bertz CT molecular complexity index is 383. The van der Waals surface area contributed by atoms with Gasteiger partial charge in [-0.25, -0.2) is 0 Å². The van der Waals surface area contributed by atoms with Crippen LogP contribution in [-0.2, 0) is 11.3 Å². The Morgan fingerprint density at radius 1 is 1.65 bits per heavy atom. The van der Waals surface area contributed by atoms with Crippen LogP contribution in [0.15, 0.2) is 31.1 Å². The predicted octanol–water partition coefficient (Wildman–Crippen LogP) is 1.48. The van der Waals surface area contributed by atoms with Crippen molar-refractivity contribution in [2.75, 3.05) is 6.54 Å². The van der Waals surface area contributed by atoms with E-state index in [9.17, 15) is 9.90 Å². The van der Waals surface area contributed by atoms with Gasteiger partial charge in [-0.05, 0) is 17.5 Å². The van der Waals surface area contributed by atoms with Crippen LogP contribution in [0.3, 0.4) is 0 Å². The highest BCUT2D eigenvalue weighted by Gasteiger charge is 2.13. The van der Waals surface area contributed by atoms with Gasteiger partial charge in [-0.1, -0.05) is 19.9 Å². The predicted molar refractivity (Wildman–Crippen MR) is 67.4 cm³/mol. The molecule has 1 aromatic rings. The Morgan fingerprint density at radius 2 is 2.35 bits per heavy atom. The fraction of sp³-hybridized carbons (Fsp3) is 0.462. The van der Waals surface area contributed by atoms with Crippen molar-refractivity contribution in [2.24, 2.45) is 5.92 Å². The molecule has 1 unspecified atom stereocenters. The Morgan fingerprint density at radius 3 is 2.94 bits per heavy atom. The lowest BCUT2D eigenvalue weighted by atomic mass is 10.0. The third kappa shape index (κ3) is 4.07. The van der Waals surface area contributed by atoms with Gasteiger partial charge in [0.05, 0.1) is 6.10 Å². The third-order valence-electron chi connectivity index (χ3n) is 2.52. The number of aliphatic hydroxyl groups excluding tert-OH is 1. The summed E-state index contributed by atoms with van der Waals surface area (Å²) in [5.74, 6) is 0.103. The van der Waals surface area contributed by atoms with Crippen molar-refractivity contribution in [2.45, 2.75) is 26.5 Å². The molecule has 1 amide bonds. The van der Waals surface area contributed by atoms with Crippen LogP contribution in [0.4, 0.5) is 0 Å². The van der Waals surface area contributed by atoms with E-state index in [1.165, 1.54) is 0 Å². The summed E-state index contributed by atoms with van der Waals surface area (Å²) in [5, 5.41) is 12.6. The Kier molecular flexibility index (Phi) is 4.97. The van der Waals surface area contributed by atoms with Gasteiger partial charge in [-0.2, -0.15) is 0 Å². The van der Waals surface area contributed by atoms with Crippen molar-refractivity contribution in [3.8, 4) is 0 Å². The molecule has 1 aromatic heterocycles. The van der Waals surface area contributed by atoms with Gasteiger partial charge in [0.15, 0.2) is 0 Å². The number of nitrogens with one attached hydrogen (secondary N) is 1. The number of hydrogen-bond donors (Lipinski definition) is 2. The first-order valence-corrected chi connectivity index (χ1v) is 5.76. The van der Waals surface area contributed by atoms with Crippen LogP contribution >= 0.6 is 0 Å². The highest BCUT2D eigenvalue weighted by atomic mass is 16.3. The molecule has 0 spiro atoms. The fourth-order valence-corrected chi connectivity index (χ4v) is 1.53. The molecule has 1 rings (SSSR count). The molecular formula is C13H20N2O2. The van der Waals surface area contributed by atoms with Gasteiger partial charge in [0.1, 0.15) is 6.54 Å². The number of carbonyl (C=O) groups is 1. The lowest BCUT2D eigenvalue weighted by molar-refractivity contribution is -0.121. The van der Waals surface area contributed by atoms with E-state index in [-0.39, 0.29) is 18.4 Å². The molecule has 0 bridgehead atoms. The molecular weight excluding hydrogens is 216 g/mol. The maximum atomic E-state index is 11.4. The second kappa shape index (κ2) is 6.25. The molecule has 0 radical (unpaired) electrons. The molecule has 4 nitrogen and oxygen atoms in total. The summed E-state index contributed by atoms with van der Waals surface area (Å²) < 4.78 is 1.76. The van der Waals surface area contributed by atoms with Gasteiger partial charge in [0.2, 0.25) is 5.91 Å². The highest BCUT2D eigenvalue weighted by Crippen LogP contribution is 2.21. The zero-order chi connectivity index (χ0) is 12.8. The molecule has 0 aliphatic heterocycles. The smallest absolute Gasteiger partial charge is 0.240 e. The molecule has 17 heavy (non-hydrogen) atoms. The average Bonchev–Trinajstić information content (AvgIpc) is 2.73. The molecule has 0 aliphatic carbocycles. The van der Waals surface area contributed by atoms with Gasteiger partial charge in [0, 0.05) is 18.9 Å². The zero-order valence-electron chi connectivity index (χ0n) is 10.4. The molecule has 1 atom stereocenters. The maximum absolute atomic E-state index is 11.4. The topological polar surface area (TPSA) is 54.3 Å². The molecule has 1 heterocycles. The van der Waals surface area contributed by atoms with Crippen molar-refractivity contribution in [1.29, 1.82) is 0 Å². The Labute approximate surface area is 102 Å². The van der Waals surface area contributed by atoms with Gasteiger partial charge in [-0.15, -0.1) is 6.58 Å². The van der Waals surface area contributed by atoms with Crippen molar-refractivity contribution in [3.05, 3.63) is 36.7 Å². The van der Waals surface area contributed by atoms with Crippen LogP contribution in [0.1, 0.15) is 25.5 Å². The van der Waals surface area contributed by atoms with Crippen molar-refractivity contribution in [1.82, 2.24) is 9.88 Å². The summed E-state index contributed by atoms with van der Waals surface area (Å²) in [6.45, 7) is 8.18. The highest BCUT2D eigenvalue weighted by molar-refractivity contribution is 5.75. The van der Waals surface area contributed by atoms with Crippen LogP contribution < -0.4 is 5.32 Å². The largest absolute Gasteiger partial charge is 0.388 e. The second-order valence-electron chi connectivity index (χ2n) is 4.40. The van der Waals surface area contributed by atoms with Crippen molar-refractivity contribution >= 4 is 5.91 Å². The van der Waals surface area contributed by atoms with E-state index >= 15 is 0 Å². The van der Waals surface area contributed by atoms with Crippen LogP contribution in [0, 0.1) is 5.92 Å². The number of aromatic nitrogens is 1. The maximum Gasteiger partial charge on any atom is 0.240 e. The monoisotopic (exact) mass is 236 g/mol. The first kappa shape index (κ1) is 13.5. The molecule has 94 valence electrons. The van der Waals surface area contributed by atoms with E-state index in [1.54, 1.807) is 23.0 Å². The Balaban J connectivity index is 2.56. The van der Waals surface area contributed by atoms with Crippen molar-refractivity contribution < 1.29 is 9.90 Å². The molecule has 0 saturated heterocycles. The van der Waals surface area contributed by atoms with E-state index in [2.05, 4.69) is 11.9 Å². The minimum Gasteiger partial charge on any atom is -0.388 e. The van der Waals surface area contributed by atoms with E-state index < -0.39 is 6.10 Å². The fourth-order valence-electron chi connectivity index (χ4n) is 1.53. The van der Waals surface area contributed by atoms with Crippen LogP contribution in [0.5, 0.6) is 0 Å². The number of rotatable bonds is 6. The lowest BCUT2D eigenvalue weighted by Crippen LogP contribution is -2.27. The van der Waals surface area contributed by atoms with E-state index in [4.69, 9.17) is 0 Å². The molecule has 0 aliphatic rings. The lowest BCUT2D eigenvalue weighted by Gasteiger charge is -2.12. The standard InChI is InChI=1S/C13H20N2O2/c1-4-6-14-12(16)9-15-7-5-11(8-15)13(17)10(2)3/h4-5,7-8,10,13,17H,1,6,9H2,2-3H3,(H,14,16). The molecule has 0 saturated carbocycles. The number of carbonyl (C=O) groups excluding carboxylic acids is 1. The van der Waals surface area contributed by atoms with Crippen LogP contribution in [0.25, 0.3) is 0 Å². The minimum atomic E-state index is -0.479. The van der Waals surface area contributed by atoms with Crippen LogP contribution in [0.2, 0.25) is 0 Å². The van der Waals surface area contributed by atoms with Gasteiger partial charge in [0.25, 0.3) is 0 Å². The summed E-state index contributed by atoms with van der Waals surface area (Å²) in [6, 6.07) is 1.84. The van der Waals surface area contributed by atoms with Crippen LogP contribution in [-0.4, -0.2) is 22.1 Å². The van der Waals surface area contributed by atoms with Gasteiger partial charge < -0.3 is 15.0 Å². The summed E-state index contributed by atoms with van der Waals surface area (Å²) in [5.41, 5.74) is 0.844. The number of hydrogen-bond acceptors (Lipinski definition) is 2. The number of amides is 1. The first-order chi connectivity index (χ1) is 8.04. The quantitative estimate of drug-likeness (QED) is 0.735. The summed E-state index contributed by atoms with van der Waals surface area (Å²) in [4.78, 5) is 11.4. The van der Waals surface area contributed by atoms with E-state index in [0.29, 0.717) is 6.54 Å². The SMILES string of the molecule is C=CCNC(=O)Cn1ccc(C(O)C(C)C)c1. The molecule has 0 fully saturated rings. The van der Waals surface area contributed by atoms with E-state index in [1.807, 2.05) is 19.9 Å². The summed E-state index contributed by atoms with van der Waals surface area (Å²) in [6.07, 6.45) is 4.76. The molecule has 0 aromatic carbocycles. The molecule has 4 heteroatoms. The molecule has 2 N–H and O–H groups in total. The van der Waals surface area contributed by atoms with E-state index in [0.717, 1.165) is 5.56 Å². The van der Waals surface area contributed by atoms with Gasteiger partial charge >= 0.3 is 0 Å². The summed E-state index contributed by atoms with van der Waals surface area (Å²) >= 11 is 0. The first-order valence-electron chi connectivity index (χ1n) is 5.76. The Hall–Kier alpha value is -1.55. The second-order valence-corrected chi connectivity index (χ2v) is 4.40. The van der Waals surface area contributed by atoms with Gasteiger partial charge in [-0.3, -0.25) is 4.79 Å². The average molecular weight is 236 g/mol. The number of nitrogens with zero attached hydrogens (tertiary/aromatic N) is 1. The number of aliphatic hydroxyl groups is 1. The normalized spacial score (nSPS) is 12.5. The summed E-state index contributed by atoms with van der Waals surface area (Å²) in [7, 11) is 0. The minimum absolute atomic E-state index is 0.0638. The van der Waals surface area contributed by atoms with Crippen molar-refractivity contribution in [3.63, 3.8) is 0 Å².